The first-order valence-electron chi connectivity index (χ1n) is 11.9. The van der Waals surface area contributed by atoms with Crippen molar-refractivity contribution in [2.75, 3.05) is 33.4 Å². The zero-order chi connectivity index (χ0) is 24.5. The number of likely N-dealkylation sites (N-methyl/N-ethyl adjacent to an activating group) is 1. The number of rotatable bonds is 11. The monoisotopic (exact) mass is 498 g/mol. The Morgan fingerprint density at radius 2 is 2.00 bits per heavy atom. The SMILES string of the molecule is CN(CCOc1cccc(CNC(=O)CCc2nc(-c3ccc(Cl)cc3)no2)c1)C1CCOCC1. The van der Waals surface area contributed by atoms with Gasteiger partial charge in [-0.15, -0.1) is 0 Å². The van der Waals surface area contributed by atoms with E-state index in [1.54, 1.807) is 12.1 Å². The second kappa shape index (κ2) is 12.7. The van der Waals surface area contributed by atoms with Gasteiger partial charge < -0.3 is 19.3 Å². The van der Waals surface area contributed by atoms with Crippen LogP contribution in [0.4, 0.5) is 0 Å². The van der Waals surface area contributed by atoms with Gasteiger partial charge in [0.05, 0.1) is 0 Å². The van der Waals surface area contributed by atoms with E-state index in [0.29, 0.717) is 42.4 Å². The van der Waals surface area contributed by atoms with Gasteiger partial charge >= 0.3 is 0 Å². The number of aromatic nitrogens is 2. The maximum Gasteiger partial charge on any atom is 0.227 e. The molecule has 0 saturated carbocycles. The molecule has 4 rings (SSSR count). The van der Waals surface area contributed by atoms with Crippen LogP contribution in [-0.4, -0.2) is 60.4 Å². The fraction of sp³-hybridized carbons (Fsp3) is 0.423. The summed E-state index contributed by atoms with van der Waals surface area (Å²) in [7, 11) is 2.14. The van der Waals surface area contributed by atoms with Crippen LogP contribution >= 0.6 is 11.6 Å². The lowest BCUT2D eigenvalue weighted by molar-refractivity contribution is -0.121. The fourth-order valence-corrected chi connectivity index (χ4v) is 4.07. The molecule has 8 nitrogen and oxygen atoms in total. The molecule has 0 spiro atoms. The number of carbonyl (C=O) groups excluding carboxylic acids is 1. The Bertz CT molecular complexity index is 1080. The van der Waals surface area contributed by atoms with Crippen LogP contribution in [-0.2, 0) is 22.5 Å². The van der Waals surface area contributed by atoms with Gasteiger partial charge in [-0.05, 0) is 61.9 Å². The standard InChI is InChI=1S/C26H31ClN4O4/c1-31(22-11-14-33-15-12-22)13-16-34-23-4-2-3-19(17-23)18-28-24(32)9-10-25-29-26(30-35-25)20-5-7-21(27)8-6-20/h2-8,17,22H,9-16,18H2,1H3,(H,28,32). The average molecular weight is 499 g/mol. The van der Waals surface area contributed by atoms with E-state index < -0.39 is 0 Å². The van der Waals surface area contributed by atoms with Crippen molar-refractivity contribution in [3.8, 4) is 17.1 Å². The lowest BCUT2D eigenvalue weighted by Crippen LogP contribution is -2.38. The third kappa shape index (κ3) is 7.78. The number of aryl methyl sites for hydroxylation is 1. The van der Waals surface area contributed by atoms with Crippen LogP contribution < -0.4 is 10.1 Å². The Morgan fingerprint density at radius 1 is 1.20 bits per heavy atom. The van der Waals surface area contributed by atoms with Gasteiger partial charge in [-0.2, -0.15) is 4.98 Å². The third-order valence-electron chi connectivity index (χ3n) is 6.05. The van der Waals surface area contributed by atoms with E-state index in [2.05, 4.69) is 27.4 Å². The molecule has 2 aromatic carbocycles. The van der Waals surface area contributed by atoms with Crippen molar-refractivity contribution >= 4 is 17.5 Å². The van der Waals surface area contributed by atoms with Crippen LogP contribution in [0.25, 0.3) is 11.4 Å². The summed E-state index contributed by atoms with van der Waals surface area (Å²) in [4.78, 5) is 19.0. The summed E-state index contributed by atoms with van der Waals surface area (Å²) >= 11 is 5.91. The Kier molecular flexibility index (Phi) is 9.11. The van der Waals surface area contributed by atoms with Crippen molar-refractivity contribution < 1.29 is 18.8 Å². The summed E-state index contributed by atoms with van der Waals surface area (Å²) in [6, 6.07) is 15.6. The smallest absolute Gasteiger partial charge is 0.227 e. The van der Waals surface area contributed by atoms with Crippen molar-refractivity contribution in [3.63, 3.8) is 0 Å². The Hall–Kier alpha value is -2.94. The predicted molar refractivity (Wildman–Crippen MR) is 133 cm³/mol. The predicted octanol–water partition coefficient (Wildman–Crippen LogP) is 4.13. The Morgan fingerprint density at radius 3 is 2.80 bits per heavy atom. The van der Waals surface area contributed by atoms with Crippen LogP contribution in [0.15, 0.2) is 53.1 Å². The number of nitrogens with zero attached hydrogens (tertiary/aromatic N) is 3. The molecule has 1 aliphatic rings. The number of nitrogens with one attached hydrogen (secondary N) is 1. The summed E-state index contributed by atoms with van der Waals surface area (Å²) in [5.74, 6) is 1.62. The molecule has 35 heavy (non-hydrogen) atoms. The molecule has 1 aromatic heterocycles. The molecule has 0 aliphatic carbocycles. The molecule has 0 bridgehead atoms. The minimum absolute atomic E-state index is 0.0827. The van der Waals surface area contributed by atoms with E-state index in [0.717, 1.165) is 49.5 Å². The van der Waals surface area contributed by atoms with E-state index in [9.17, 15) is 4.79 Å². The first kappa shape index (κ1) is 25.2. The molecule has 0 unspecified atom stereocenters. The van der Waals surface area contributed by atoms with E-state index >= 15 is 0 Å². The van der Waals surface area contributed by atoms with E-state index in [4.69, 9.17) is 25.6 Å². The van der Waals surface area contributed by atoms with E-state index in [1.807, 2.05) is 36.4 Å². The summed E-state index contributed by atoms with van der Waals surface area (Å²) in [5.41, 5.74) is 1.79. The van der Waals surface area contributed by atoms with Gasteiger partial charge in [0.1, 0.15) is 12.4 Å². The van der Waals surface area contributed by atoms with Crippen molar-refractivity contribution in [1.29, 1.82) is 0 Å². The van der Waals surface area contributed by atoms with Gasteiger partial charge in [0.15, 0.2) is 0 Å². The topological polar surface area (TPSA) is 89.7 Å². The van der Waals surface area contributed by atoms with Gasteiger partial charge in [0.2, 0.25) is 17.6 Å². The molecule has 2 heterocycles. The maximum absolute atomic E-state index is 12.3. The molecule has 0 atom stereocenters. The summed E-state index contributed by atoms with van der Waals surface area (Å²) in [6.07, 6.45) is 2.77. The highest BCUT2D eigenvalue weighted by atomic mass is 35.5. The molecule has 1 N–H and O–H groups in total. The quantitative estimate of drug-likeness (QED) is 0.425. The number of carbonyl (C=O) groups is 1. The second-order valence-electron chi connectivity index (χ2n) is 8.62. The van der Waals surface area contributed by atoms with Crippen molar-refractivity contribution in [1.82, 2.24) is 20.4 Å². The zero-order valence-corrected chi connectivity index (χ0v) is 20.7. The third-order valence-corrected chi connectivity index (χ3v) is 6.30. The molecule has 1 saturated heterocycles. The first-order chi connectivity index (χ1) is 17.1. The molecular formula is C26H31ClN4O4. The molecular weight excluding hydrogens is 468 g/mol. The molecule has 1 aliphatic heterocycles. The molecule has 3 aromatic rings. The molecule has 1 amide bonds. The van der Waals surface area contributed by atoms with Crippen molar-refractivity contribution in [3.05, 3.63) is 65.0 Å². The van der Waals surface area contributed by atoms with Gasteiger partial charge in [0, 0.05) is 55.8 Å². The average Bonchev–Trinajstić information content (AvgIpc) is 3.36. The number of benzene rings is 2. The van der Waals surface area contributed by atoms with Crippen molar-refractivity contribution in [2.24, 2.45) is 0 Å². The summed E-state index contributed by atoms with van der Waals surface area (Å²) in [6.45, 7) is 3.58. The van der Waals surface area contributed by atoms with Crippen molar-refractivity contribution in [2.45, 2.75) is 38.3 Å². The highest BCUT2D eigenvalue weighted by Gasteiger charge is 2.18. The van der Waals surface area contributed by atoms with Crippen LogP contribution in [0, 0.1) is 0 Å². The highest BCUT2D eigenvalue weighted by Crippen LogP contribution is 2.19. The van der Waals surface area contributed by atoms with E-state index in [1.165, 1.54) is 0 Å². The van der Waals surface area contributed by atoms with Gasteiger partial charge in [-0.3, -0.25) is 9.69 Å². The number of amides is 1. The Balaban J connectivity index is 1.17. The van der Waals surface area contributed by atoms with Gasteiger partial charge in [0.25, 0.3) is 0 Å². The lowest BCUT2D eigenvalue weighted by Gasteiger charge is -2.31. The minimum atomic E-state index is -0.0827. The van der Waals surface area contributed by atoms with Crippen LogP contribution in [0.1, 0.15) is 30.7 Å². The zero-order valence-electron chi connectivity index (χ0n) is 19.9. The molecule has 9 heteroatoms. The normalized spacial score (nSPS) is 14.3. The molecule has 186 valence electrons. The van der Waals surface area contributed by atoms with Crippen LogP contribution in [0.2, 0.25) is 5.02 Å². The fourth-order valence-electron chi connectivity index (χ4n) is 3.94. The van der Waals surface area contributed by atoms with Crippen LogP contribution in [0.5, 0.6) is 5.75 Å². The lowest BCUT2D eigenvalue weighted by atomic mass is 10.1. The molecule has 1 fully saturated rings. The number of ether oxygens (including phenoxy) is 2. The minimum Gasteiger partial charge on any atom is -0.492 e. The van der Waals surface area contributed by atoms with Gasteiger partial charge in [-0.1, -0.05) is 28.9 Å². The van der Waals surface area contributed by atoms with Crippen LogP contribution in [0.3, 0.4) is 0 Å². The largest absolute Gasteiger partial charge is 0.492 e. The van der Waals surface area contributed by atoms with Gasteiger partial charge in [-0.25, -0.2) is 0 Å². The summed E-state index contributed by atoms with van der Waals surface area (Å²) < 4.78 is 16.6. The second-order valence-corrected chi connectivity index (χ2v) is 9.05. The molecule has 0 radical (unpaired) electrons. The summed E-state index contributed by atoms with van der Waals surface area (Å²) in [5, 5.41) is 7.56. The highest BCUT2D eigenvalue weighted by molar-refractivity contribution is 6.30. The van der Waals surface area contributed by atoms with E-state index in [-0.39, 0.29) is 12.3 Å². The maximum atomic E-state index is 12.3. The number of hydrogen-bond donors (Lipinski definition) is 1. The number of halogens is 1. The number of hydrogen-bond acceptors (Lipinski definition) is 7. The first-order valence-corrected chi connectivity index (χ1v) is 12.3. The Labute approximate surface area is 210 Å².